The minimum absolute atomic E-state index is 0.624. The first-order chi connectivity index (χ1) is 8.70. The normalized spacial score (nSPS) is 10.6. The van der Waals surface area contributed by atoms with Gasteiger partial charge >= 0.3 is 0 Å². The molecule has 96 valence electrons. The fourth-order valence-corrected chi connectivity index (χ4v) is 2.04. The van der Waals surface area contributed by atoms with Gasteiger partial charge in [-0.25, -0.2) is 0 Å². The molecule has 2 aromatic rings. The third-order valence-corrected chi connectivity index (χ3v) is 2.98. The zero-order valence-corrected chi connectivity index (χ0v) is 11.0. The van der Waals surface area contributed by atoms with Crippen molar-refractivity contribution in [3.63, 3.8) is 0 Å². The van der Waals surface area contributed by atoms with E-state index in [9.17, 15) is 0 Å². The van der Waals surface area contributed by atoms with Gasteiger partial charge in [0.1, 0.15) is 0 Å². The molecule has 1 aromatic heterocycles. The molecule has 0 spiro atoms. The van der Waals surface area contributed by atoms with Gasteiger partial charge in [-0.3, -0.25) is 4.68 Å². The summed E-state index contributed by atoms with van der Waals surface area (Å²) in [4.78, 5) is 0. The maximum atomic E-state index is 5.52. The molecule has 0 amide bonds. The van der Waals surface area contributed by atoms with Crippen molar-refractivity contribution in [3.05, 3.63) is 47.3 Å². The van der Waals surface area contributed by atoms with E-state index in [4.69, 9.17) is 5.73 Å². The lowest BCUT2D eigenvalue weighted by molar-refractivity contribution is 0.724. The Morgan fingerprint density at radius 1 is 1.39 bits per heavy atom. The summed E-state index contributed by atoms with van der Waals surface area (Å²) in [6, 6.07) is 8.56. The van der Waals surface area contributed by atoms with Gasteiger partial charge in [-0.2, -0.15) is 5.10 Å². The molecule has 2 rings (SSSR count). The summed E-state index contributed by atoms with van der Waals surface area (Å²) in [6.07, 6.45) is 2.74. The van der Waals surface area contributed by atoms with E-state index < -0.39 is 0 Å². The van der Waals surface area contributed by atoms with Gasteiger partial charge in [-0.15, -0.1) is 0 Å². The SMILES string of the molecule is Cc1cccc(Cc2c(NCCN)cnn2C)c1. The summed E-state index contributed by atoms with van der Waals surface area (Å²) in [5, 5.41) is 7.61. The van der Waals surface area contributed by atoms with Gasteiger partial charge in [-0.1, -0.05) is 29.8 Å². The van der Waals surface area contributed by atoms with Crippen molar-refractivity contribution in [2.24, 2.45) is 12.8 Å². The van der Waals surface area contributed by atoms with Crippen molar-refractivity contribution in [1.82, 2.24) is 9.78 Å². The van der Waals surface area contributed by atoms with Gasteiger partial charge in [0.25, 0.3) is 0 Å². The lowest BCUT2D eigenvalue weighted by Gasteiger charge is -2.08. The number of hydrogen-bond acceptors (Lipinski definition) is 3. The van der Waals surface area contributed by atoms with Gasteiger partial charge in [0.2, 0.25) is 0 Å². The van der Waals surface area contributed by atoms with E-state index in [0.717, 1.165) is 18.7 Å². The van der Waals surface area contributed by atoms with Gasteiger partial charge in [0.05, 0.1) is 17.6 Å². The van der Waals surface area contributed by atoms with E-state index in [-0.39, 0.29) is 0 Å². The molecule has 0 fully saturated rings. The molecule has 1 heterocycles. The first kappa shape index (κ1) is 12.6. The topological polar surface area (TPSA) is 55.9 Å². The number of nitrogens with zero attached hydrogens (tertiary/aromatic N) is 2. The highest BCUT2D eigenvalue weighted by atomic mass is 15.3. The Morgan fingerprint density at radius 3 is 2.94 bits per heavy atom. The summed E-state index contributed by atoms with van der Waals surface area (Å²) in [5.41, 5.74) is 10.4. The van der Waals surface area contributed by atoms with Crippen LogP contribution < -0.4 is 11.1 Å². The number of anilines is 1. The zero-order chi connectivity index (χ0) is 13.0. The second kappa shape index (κ2) is 5.69. The molecule has 0 radical (unpaired) electrons. The Kier molecular flexibility index (Phi) is 3.99. The molecule has 0 aliphatic carbocycles. The van der Waals surface area contributed by atoms with E-state index in [0.29, 0.717) is 6.54 Å². The molecule has 0 unspecified atom stereocenters. The summed E-state index contributed by atoms with van der Waals surface area (Å²) in [6.45, 7) is 3.51. The molecule has 1 aromatic carbocycles. The summed E-state index contributed by atoms with van der Waals surface area (Å²) in [7, 11) is 1.97. The zero-order valence-electron chi connectivity index (χ0n) is 11.0. The van der Waals surface area contributed by atoms with Gasteiger partial charge in [0.15, 0.2) is 0 Å². The minimum atomic E-state index is 0.624. The summed E-state index contributed by atoms with van der Waals surface area (Å²) < 4.78 is 1.92. The predicted molar refractivity (Wildman–Crippen MR) is 74.7 cm³/mol. The molecule has 4 heteroatoms. The standard InChI is InChI=1S/C14H20N4/c1-11-4-3-5-12(8-11)9-14-13(16-7-6-15)10-17-18(14)2/h3-5,8,10,16H,6-7,9,15H2,1-2H3. The lowest BCUT2D eigenvalue weighted by Crippen LogP contribution is -2.14. The molecule has 0 aliphatic rings. The van der Waals surface area contributed by atoms with E-state index >= 15 is 0 Å². The second-order valence-electron chi connectivity index (χ2n) is 4.51. The maximum Gasteiger partial charge on any atom is 0.0762 e. The predicted octanol–water partition coefficient (Wildman–Crippen LogP) is 1.69. The van der Waals surface area contributed by atoms with Crippen LogP contribution in [0.15, 0.2) is 30.5 Å². The monoisotopic (exact) mass is 244 g/mol. The van der Waals surface area contributed by atoms with Crippen molar-refractivity contribution >= 4 is 5.69 Å². The highest BCUT2D eigenvalue weighted by Crippen LogP contribution is 2.18. The Bertz CT molecular complexity index is 516. The molecule has 0 aliphatic heterocycles. The largest absolute Gasteiger partial charge is 0.381 e. The Balaban J connectivity index is 2.20. The van der Waals surface area contributed by atoms with Crippen LogP contribution in [0.5, 0.6) is 0 Å². The molecule has 3 N–H and O–H groups in total. The minimum Gasteiger partial charge on any atom is -0.381 e. The number of aromatic nitrogens is 2. The summed E-state index contributed by atoms with van der Waals surface area (Å²) in [5.74, 6) is 0. The first-order valence-electron chi connectivity index (χ1n) is 6.21. The van der Waals surface area contributed by atoms with Crippen LogP contribution in [0, 0.1) is 6.92 Å². The van der Waals surface area contributed by atoms with Gasteiger partial charge in [-0.05, 0) is 12.5 Å². The third kappa shape index (κ3) is 2.90. The Hall–Kier alpha value is -1.81. The fraction of sp³-hybridized carbons (Fsp3) is 0.357. The number of nitrogens with one attached hydrogen (secondary N) is 1. The van der Waals surface area contributed by atoms with E-state index in [1.165, 1.54) is 16.8 Å². The van der Waals surface area contributed by atoms with Crippen LogP contribution in [0.4, 0.5) is 5.69 Å². The Labute approximate surface area is 108 Å². The van der Waals surface area contributed by atoms with Crippen LogP contribution in [0.1, 0.15) is 16.8 Å². The van der Waals surface area contributed by atoms with Crippen LogP contribution in [0.2, 0.25) is 0 Å². The van der Waals surface area contributed by atoms with E-state index in [2.05, 4.69) is 41.6 Å². The smallest absolute Gasteiger partial charge is 0.0762 e. The number of aryl methyl sites for hydroxylation is 2. The molecule has 0 bridgehead atoms. The number of rotatable bonds is 5. The van der Waals surface area contributed by atoms with Crippen molar-refractivity contribution in [3.8, 4) is 0 Å². The van der Waals surface area contributed by atoms with Crippen molar-refractivity contribution in [2.75, 3.05) is 18.4 Å². The Morgan fingerprint density at radius 2 is 2.22 bits per heavy atom. The average Bonchev–Trinajstić information content (AvgIpc) is 2.69. The molecule has 18 heavy (non-hydrogen) atoms. The fourth-order valence-electron chi connectivity index (χ4n) is 2.04. The van der Waals surface area contributed by atoms with Crippen LogP contribution in [0.25, 0.3) is 0 Å². The quantitative estimate of drug-likeness (QED) is 0.841. The molecule has 0 saturated heterocycles. The van der Waals surface area contributed by atoms with E-state index in [1.54, 1.807) is 0 Å². The molecular formula is C14H20N4. The molecule has 4 nitrogen and oxygen atoms in total. The second-order valence-corrected chi connectivity index (χ2v) is 4.51. The highest BCUT2D eigenvalue weighted by Gasteiger charge is 2.08. The molecule has 0 saturated carbocycles. The van der Waals surface area contributed by atoms with Crippen LogP contribution in [-0.4, -0.2) is 22.9 Å². The van der Waals surface area contributed by atoms with Crippen molar-refractivity contribution in [2.45, 2.75) is 13.3 Å². The highest BCUT2D eigenvalue weighted by molar-refractivity contribution is 5.48. The van der Waals surface area contributed by atoms with E-state index in [1.807, 2.05) is 17.9 Å². The molecule has 0 atom stereocenters. The van der Waals surface area contributed by atoms with Crippen LogP contribution in [-0.2, 0) is 13.5 Å². The third-order valence-electron chi connectivity index (χ3n) is 2.98. The maximum absolute atomic E-state index is 5.52. The number of nitrogens with two attached hydrogens (primary N) is 1. The van der Waals surface area contributed by atoms with Gasteiger partial charge in [0, 0.05) is 26.6 Å². The van der Waals surface area contributed by atoms with Crippen LogP contribution in [0.3, 0.4) is 0 Å². The summed E-state index contributed by atoms with van der Waals surface area (Å²) >= 11 is 0. The number of hydrogen-bond donors (Lipinski definition) is 2. The molecular weight excluding hydrogens is 224 g/mol. The lowest BCUT2D eigenvalue weighted by atomic mass is 10.1. The van der Waals surface area contributed by atoms with Crippen LogP contribution >= 0.6 is 0 Å². The van der Waals surface area contributed by atoms with Crippen molar-refractivity contribution in [1.29, 1.82) is 0 Å². The van der Waals surface area contributed by atoms with Gasteiger partial charge < -0.3 is 11.1 Å². The number of benzene rings is 1. The first-order valence-corrected chi connectivity index (χ1v) is 6.21. The average molecular weight is 244 g/mol. The van der Waals surface area contributed by atoms with Crippen molar-refractivity contribution < 1.29 is 0 Å².